The van der Waals surface area contributed by atoms with Gasteiger partial charge >= 0.3 is 0 Å². The van der Waals surface area contributed by atoms with Crippen LogP contribution in [0, 0.1) is 0 Å². The molecule has 0 unspecified atom stereocenters. The van der Waals surface area contributed by atoms with Gasteiger partial charge in [-0.25, -0.2) is 0 Å². The van der Waals surface area contributed by atoms with Crippen LogP contribution in [0.25, 0.3) is 11.1 Å². The smallest absolute Gasteiger partial charge is 0.0314 e. The Morgan fingerprint density at radius 1 is 0.667 bits per heavy atom. The molecule has 0 heterocycles. The lowest BCUT2D eigenvalue weighted by atomic mass is 10.1. The lowest BCUT2D eigenvalue weighted by molar-refractivity contribution is 1.61. The van der Waals surface area contributed by atoms with E-state index in [9.17, 15) is 0 Å². The molecule has 15 heavy (non-hydrogen) atoms. The van der Waals surface area contributed by atoms with Crippen LogP contribution in [0.3, 0.4) is 0 Å². The maximum Gasteiger partial charge on any atom is 0.0314 e. The predicted octanol–water partition coefficient (Wildman–Crippen LogP) is 3.74. The van der Waals surface area contributed by atoms with E-state index >= 15 is 0 Å². The van der Waals surface area contributed by atoms with Gasteiger partial charge in [0.1, 0.15) is 0 Å². The summed E-state index contributed by atoms with van der Waals surface area (Å²) >= 11 is 0. The van der Waals surface area contributed by atoms with Crippen LogP contribution in [0.15, 0.2) is 67.8 Å². The third kappa shape index (κ3) is 2.99. The molecule has 1 nitrogen and oxygen atoms in total. The highest BCUT2D eigenvalue weighted by molar-refractivity contribution is 5.65. The summed E-state index contributed by atoms with van der Waals surface area (Å²) in [6.07, 6.45) is 0. The van der Waals surface area contributed by atoms with Crippen molar-refractivity contribution in [2.45, 2.75) is 0 Å². The van der Waals surface area contributed by atoms with Crippen LogP contribution in [0.4, 0.5) is 5.69 Å². The van der Waals surface area contributed by atoms with Crippen molar-refractivity contribution in [3.63, 3.8) is 0 Å². The Bertz CT molecular complexity index is 389. The average Bonchev–Trinajstić information content (AvgIpc) is 2.34. The van der Waals surface area contributed by atoms with Gasteiger partial charge < -0.3 is 5.73 Å². The Labute approximate surface area is 90.9 Å². The number of nitrogens with two attached hydrogens (primary N) is 1. The molecule has 0 atom stereocenters. The highest BCUT2D eigenvalue weighted by Crippen LogP contribution is 2.19. The molecule has 0 aliphatic rings. The molecule has 1 heteroatoms. The van der Waals surface area contributed by atoms with Gasteiger partial charge in [0.2, 0.25) is 0 Å². The van der Waals surface area contributed by atoms with E-state index in [-0.39, 0.29) is 0 Å². The van der Waals surface area contributed by atoms with Crippen molar-refractivity contribution in [1.82, 2.24) is 0 Å². The fourth-order valence-corrected chi connectivity index (χ4v) is 1.31. The van der Waals surface area contributed by atoms with Crippen LogP contribution < -0.4 is 5.73 Å². The van der Waals surface area contributed by atoms with Crippen molar-refractivity contribution in [2.24, 2.45) is 0 Å². The first-order chi connectivity index (χ1) is 7.36. The van der Waals surface area contributed by atoms with E-state index < -0.39 is 0 Å². The number of nitrogen functional groups attached to an aromatic ring is 1. The molecule has 76 valence electrons. The molecule has 2 N–H and O–H groups in total. The Kier molecular flexibility index (Phi) is 4.17. The molecule has 0 saturated carbocycles. The average molecular weight is 197 g/mol. The van der Waals surface area contributed by atoms with Crippen molar-refractivity contribution in [2.75, 3.05) is 5.73 Å². The minimum absolute atomic E-state index is 0.805. The molecule has 0 saturated heterocycles. The molecule has 0 aliphatic heterocycles. The van der Waals surface area contributed by atoms with Gasteiger partial charge in [-0.05, 0) is 23.3 Å². The van der Waals surface area contributed by atoms with E-state index in [2.05, 4.69) is 25.3 Å². The maximum absolute atomic E-state index is 5.60. The van der Waals surface area contributed by atoms with E-state index in [0.29, 0.717) is 0 Å². The minimum Gasteiger partial charge on any atom is -0.399 e. The largest absolute Gasteiger partial charge is 0.399 e. The monoisotopic (exact) mass is 197 g/mol. The minimum atomic E-state index is 0.805. The number of anilines is 1. The summed E-state index contributed by atoms with van der Waals surface area (Å²) in [5.74, 6) is 0. The lowest BCUT2D eigenvalue weighted by Gasteiger charge is -2.00. The summed E-state index contributed by atoms with van der Waals surface area (Å²) in [5.41, 5.74) is 8.84. The van der Waals surface area contributed by atoms with Crippen LogP contribution in [0.1, 0.15) is 0 Å². The molecule has 2 aromatic carbocycles. The van der Waals surface area contributed by atoms with Crippen molar-refractivity contribution >= 4 is 5.69 Å². The van der Waals surface area contributed by atoms with Gasteiger partial charge in [0.05, 0.1) is 0 Å². The Balaban J connectivity index is 0.000000531. The first-order valence-electron chi connectivity index (χ1n) is 4.77. The SMILES string of the molecule is C=C.Nc1ccc(-c2ccccc2)cc1. The van der Waals surface area contributed by atoms with E-state index in [1.807, 2.05) is 42.5 Å². The van der Waals surface area contributed by atoms with Crippen LogP contribution in [-0.2, 0) is 0 Å². The molecule has 0 aromatic heterocycles. The second kappa shape index (κ2) is 5.66. The summed E-state index contributed by atoms with van der Waals surface area (Å²) in [4.78, 5) is 0. The van der Waals surface area contributed by atoms with Crippen LogP contribution in [-0.4, -0.2) is 0 Å². The maximum atomic E-state index is 5.60. The molecule has 0 fully saturated rings. The van der Waals surface area contributed by atoms with Crippen molar-refractivity contribution in [3.8, 4) is 11.1 Å². The zero-order chi connectivity index (χ0) is 11.1. The standard InChI is InChI=1S/C12H11N.C2H4/c13-12-8-6-11(7-9-12)10-4-2-1-3-5-10;1-2/h1-9H,13H2;1-2H2. The lowest BCUT2D eigenvalue weighted by Crippen LogP contribution is -1.83. The number of hydrogen-bond acceptors (Lipinski definition) is 1. The summed E-state index contributed by atoms with van der Waals surface area (Å²) in [6, 6.07) is 18.2. The number of hydrogen-bond donors (Lipinski definition) is 1. The van der Waals surface area contributed by atoms with E-state index in [1.165, 1.54) is 11.1 Å². The molecule has 2 rings (SSSR count). The van der Waals surface area contributed by atoms with E-state index in [1.54, 1.807) is 0 Å². The van der Waals surface area contributed by atoms with Gasteiger partial charge in [-0.15, -0.1) is 13.2 Å². The van der Waals surface area contributed by atoms with Gasteiger partial charge in [0, 0.05) is 5.69 Å². The summed E-state index contributed by atoms with van der Waals surface area (Å²) in [6.45, 7) is 6.00. The zero-order valence-corrected chi connectivity index (χ0v) is 8.69. The zero-order valence-electron chi connectivity index (χ0n) is 8.69. The van der Waals surface area contributed by atoms with Gasteiger partial charge in [-0.1, -0.05) is 42.5 Å². The first-order valence-corrected chi connectivity index (χ1v) is 4.77. The number of benzene rings is 2. The van der Waals surface area contributed by atoms with Crippen LogP contribution in [0.2, 0.25) is 0 Å². The van der Waals surface area contributed by atoms with Gasteiger partial charge in [0.25, 0.3) is 0 Å². The predicted molar refractivity (Wildman–Crippen MR) is 67.5 cm³/mol. The molecule has 2 aromatic rings. The second-order valence-electron chi connectivity index (χ2n) is 2.99. The molecule has 0 aliphatic carbocycles. The van der Waals surface area contributed by atoms with Gasteiger partial charge in [-0.3, -0.25) is 0 Å². The fraction of sp³-hybridized carbons (Fsp3) is 0. The third-order valence-corrected chi connectivity index (χ3v) is 2.02. The molecule has 0 radical (unpaired) electrons. The quantitative estimate of drug-likeness (QED) is 0.547. The van der Waals surface area contributed by atoms with Crippen molar-refractivity contribution in [1.29, 1.82) is 0 Å². The Morgan fingerprint density at radius 2 is 1.13 bits per heavy atom. The topological polar surface area (TPSA) is 26.0 Å². The first kappa shape index (κ1) is 11.1. The highest BCUT2D eigenvalue weighted by Gasteiger charge is 1.94. The van der Waals surface area contributed by atoms with Crippen LogP contribution >= 0.6 is 0 Å². The summed E-state index contributed by atoms with van der Waals surface area (Å²) in [7, 11) is 0. The highest BCUT2D eigenvalue weighted by atomic mass is 14.5. The molecule has 0 amide bonds. The van der Waals surface area contributed by atoms with Crippen LogP contribution in [0.5, 0.6) is 0 Å². The van der Waals surface area contributed by atoms with Crippen molar-refractivity contribution < 1.29 is 0 Å². The molecule has 0 bridgehead atoms. The Hall–Kier alpha value is -2.02. The summed E-state index contributed by atoms with van der Waals surface area (Å²) < 4.78 is 0. The Morgan fingerprint density at radius 3 is 1.67 bits per heavy atom. The second-order valence-corrected chi connectivity index (χ2v) is 2.99. The molecular weight excluding hydrogens is 182 g/mol. The molecule has 0 spiro atoms. The third-order valence-electron chi connectivity index (χ3n) is 2.02. The van der Waals surface area contributed by atoms with E-state index in [0.717, 1.165) is 5.69 Å². The van der Waals surface area contributed by atoms with Gasteiger partial charge in [0.15, 0.2) is 0 Å². The van der Waals surface area contributed by atoms with Gasteiger partial charge in [-0.2, -0.15) is 0 Å². The van der Waals surface area contributed by atoms with E-state index in [4.69, 9.17) is 5.73 Å². The van der Waals surface area contributed by atoms with Crippen molar-refractivity contribution in [3.05, 3.63) is 67.8 Å². The fourth-order valence-electron chi connectivity index (χ4n) is 1.31. The molecular formula is C14H15N. The number of rotatable bonds is 1. The summed E-state index contributed by atoms with van der Waals surface area (Å²) in [5, 5.41) is 0. The normalized spacial score (nSPS) is 8.80.